The Bertz CT molecular complexity index is 1280. The number of aryl methyl sites for hydroxylation is 1. The second-order valence-corrected chi connectivity index (χ2v) is 8.94. The zero-order chi connectivity index (χ0) is 25.4. The molecular formula is C20H21ClIN8O3P. The van der Waals surface area contributed by atoms with Crippen molar-refractivity contribution in [2.45, 2.75) is 6.92 Å². The fraction of sp³-hybridized carbons (Fsp3) is 0.100. The Balaban J connectivity index is 2.32. The lowest BCUT2D eigenvalue weighted by atomic mass is 10.1. The van der Waals surface area contributed by atoms with E-state index >= 15 is 0 Å². The molecule has 0 bridgehead atoms. The standard InChI is InChI=1S/C20H21ClIN8O3P/c1-3-10(7-23)18(31)27-15-6-11(9-30(2)19(15)32)17(25)33-20(26)28-14-5-4-13(29-34-22)12(8-24)16(14)21/h3-9,23-25,29,34H,1-2H3,(H2,26,28)(H,27,31)/b10-3+,23-7?,24-8?,25-17?. The molecule has 1 heterocycles. The SMILES string of the molecule is C/C=C(\C=N)C(=O)Nc1cc(C(=N)OC(N)=Nc2ccc(NPI)c(C=N)c2Cl)cn(C)c1=O. The minimum absolute atomic E-state index is 0.0662. The predicted octanol–water partition coefficient (Wildman–Crippen LogP) is 3.91. The fourth-order valence-electron chi connectivity index (χ4n) is 2.67. The van der Waals surface area contributed by atoms with Gasteiger partial charge in [-0.15, -0.1) is 0 Å². The van der Waals surface area contributed by atoms with E-state index in [0.29, 0.717) is 17.6 Å². The van der Waals surface area contributed by atoms with Gasteiger partial charge in [0, 0.05) is 43.3 Å². The first-order chi connectivity index (χ1) is 16.2. The van der Waals surface area contributed by atoms with Gasteiger partial charge in [0.05, 0.1) is 21.8 Å². The summed E-state index contributed by atoms with van der Waals surface area (Å²) in [6.07, 6.45) is 5.11. The van der Waals surface area contributed by atoms with Crippen molar-refractivity contribution in [3.8, 4) is 0 Å². The van der Waals surface area contributed by atoms with E-state index in [1.807, 2.05) is 0 Å². The number of carbonyl (C=O) groups is 1. The zero-order valence-electron chi connectivity index (χ0n) is 18.0. The van der Waals surface area contributed by atoms with Gasteiger partial charge in [0.1, 0.15) is 5.69 Å². The molecule has 7 N–H and O–H groups in total. The number of carbonyl (C=O) groups excluding carboxylic acids is 1. The molecule has 0 spiro atoms. The molecule has 0 aliphatic heterocycles. The number of hydrogen-bond acceptors (Lipinski definition) is 8. The van der Waals surface area contributed by atoms with Crippen LogP contribution in [0.1, 0.15) is 18.1 Å². The van der Waals surface area contributed by atoms with Crippen molar-refractivity contribution in [2.24, 2.45) is 17.8 Å². The number of halogens is 2. The van der Waals surface area contributed by atoms with E-state index < -0.39 is 23.4 Å². The number of amidine groups is 1. The van der Waals surface area contributed by atoms with Gasteiger partial charge >= 0.3 is 0 Å². The number of aromatic nitrogens is 1. The summed E-state index contributed by atoms with van der Waals surface area (Å²) in [4.78, 5) is 28.7. The van der Waals surface area contributed by atoms with Crippen LogP contribution in [0.4, 0.5) is 17.1 Å². The van der Waals surface area contributed by atoms with Gasteiger partial charge in [-0.1, -0.05) is 17.7 Å². The van der Waals surface area contributed by atoms with Crippen LogP contribution in [0.15, 0.2) is 45.8 Å². The molecule has 1 atom stereocenters. The van der Waals surface area contributed by atoms with E-state index in [0.717, 1.165) is 12.4 Å². The lowest BCUT2D eigenvalue weighted by molar-refractivity contribution is -0.112. The number of pyridine rings is 1. The number of ether oxygens (including phenoxy) is 1. The Kier molecular flexibility index (Phi) is 9.90. The highest BCUT2D eigenvalue weighted by atomic mass is 127. The number of benzene rings is 1. The number of nitrogens with two attached hydrogens (primary N) is 1. The maximum atomic E-state index is 12.4. The van der Waals surface area contributed by atoms with E-state index in [4.69, 9.17) is 38.3 Å². The molecule has 1 aromatic carbocycles. The predicted molar refractivity (Wildman–Crippen MR) is 147 cm³/mol. The van der Waals surface area contributed by atoms with E-state index in [1.165, 1.54) is 30.0 Å². The molecule has 1 amide bonds. The van der Waals surface area contributed by atoms with Crippen molar-refractivity contribution in [1.29, 1.82) is 16.2 Å². The highest BCUT2D eigenvalue weighted by Gasteiger charge is 2.15. The monoisotopic (exact) mass is 614 g/mol. The molecule has 2 rings (SSSR count). The minimum Gasteiger partial charge on any atom is -0.407 e. The largest absolute Gasteiger partial charge is 0.407 e. The molecule has 14 heteroatoms. The lowest BCUT2D eigenvalue weighted by Gasteiger charge is -2.12. The van der Waals surface area contributed by atoms with Crippen molar-refractivity contribution >= 4 is 87.3 Å². The van der Waals surface area contributed by atoms with Crippen molar-refractivity contribution in [2.75, 3.05) is 10.4 Å². The average Bonchev–Trinajstić information content (AvgIpc) is 2.79. The number of amides is 1. The molecule has 0 saturated carbocycles. The first-order valence-electron chi connectivity index (χ1n) is 9.41. The fourth-order valence-corrected chi connectivity index (χ4v) is 4.13. The van der Waals surface area contributed by atoms with E-state index in [9.17, 15) is 9.59 Å². The molecule has 34 heavy (non-hydrogen) atoms. The first kappa shape index (κ1) is 27.2. The summed E-state index contributed by atoms with van der Waals surface area (Å²) in [5.74, 6) is -1.07. The molecule has 0 fully saturated rings. The topological polar surface area (TPSA) is 182 Å². The Hall–Kier alpha value is -3.09. The summed E-state index contributed by atoms with van der Waals surface area (Å²) >= 11 is 8.50. The third-order valence-electron chi connectivity index (χ3n) is 4.35. The maximum absolute atomic E-state index is 12.4. The molecule has 0 aliphatic rings. The number of nitrogens with one attached hydrogen (secondary N) is 5. The second-order valence-electron chi connectivity index (χ2n) is 6.51. The van der Waals surface area contributed by atoms with Gasteiger partial charge in [0.15, 0.2) is 0 Å². The zero-order valence-corrected chi connectivity index (χ0v) is 21.9. The minimum atomic E-state index is -0.641. The first-order valence-corrected chi connectivity index (χ1v) is 13.9. The van der Waals surface area contributed by atoms with Crippen LogP contribution in [0.3, 0.4) is 0 Å². The summed E-state index contributed by atoms with van der Waals surface area (Å²) in [7, 11) is 1.45. The second kappa shape index (κ2) is 12.4. The van der Waals surface area contributed by atoms with Gasteiger partial charge in [-0.25, -0.2) is 0 Å². The molecule has 1 aromatic heterocycles. The van der Waals surface area contributed by atoms with Gasteiger partial charge in [0.25, 0.3) is 17.5 Å². The molecule has 178 valence electrons. The van der Waals surface area contributed by atoms with Gasteiger partial charge < -0.3 is 36.3 Å². The quantitative estimate of drug-likeness (QED) is 0.0865. The maximum Gasteiger partial charge on any atom is 0.294 e. The van der Waals surface area contributed by atoms with Crippen LogP contribution < -0.4 is 21.7 Å². The third-order valence-corrected chi connectivity index (χ3v) is 5.92. The Morgan fingerprint density at radius 3 is 2.65 bits per heavy atom. The summed E-state index contributed by atoms with van der Waals surface area (Å²) < 4.78 is 6.46. The smallest absolute Gasteiger partial charge is 0.294 e. The summed E-state index contributed by atoms with van der Waals surface area (Å²) in [6.45, 7) is 1.59. The summed E-state index contributed by atoms with van der Waals surface area (Å²) in [5.41, 5.74) is 6.78. The number of anilines is 2. The number of aliphatic imine (C=N–C) groups is 1. The number of rotatable bonds is 8. The molecular weight excluding hydrogens is 594 g/mol. The van der Waals surface area contributed by atoms with E-state index in [-0.39, 0.29) is 27.5 Å². The summed E-state index contributed by atoms with van der Waals surface area (Å²) in [6, 6.07) is 4.16. The highest BCUT2D eigenvalue weighted by Crippen LogP contribution is 2.35. The molecule has 0 saturated heterocycles. The van der Waals surface area contributed by atoms with Gasteiger partial charge in [0.2, 0.25) is 5.90 Å². The Morgan fingerprint density at radius 1 is 1.35 bits per heavy atom. The molecule has 2 aromatic rings. The van der Waals surface area contributed by atoms with Crippen LogP contribution in [0.2, 0.25) is 5.02 Å². The van der Waals surface area contributed by atoms with Crippen molar-refractivity contribution in [3.05, 3.63) is 62.5 Å². The Labute approximate surface area is 214 Å². The lowest BCUT2D eigenvalue weighted by Crippen LogP contribution is -2.27. The van der Waals surface area contributed by atoms with Crippen molar-refractivity contribution < 1.29 is 9.53 Å². The van der Waals surface area contributed by atoms with Gasteiger partial charge in [-0.2, -0.15) is 4.99 Å². The Morgan fingerprint density at radius 2 is 2.06 bits per heavy atom. The van der Waals surface area contributed by atoms with Crippen molar-refractivity contribution in [3.63, 3.8) is 0 Å². The molecule has 0 radical (unpaired) electrons. The van der Waals surface area contributed by atoms with Crippen LogP contribution in [0, 0.1) is 16.2 Å². The van der Waals surface area contributed by atoms with Gasteiger partial charge in [-0.3, -0.25) is 15.0 Å². The van der Waals surface area contributed by atoms with E-state index in [1.54, 1.807) is 19.1 Å². The van der Waals surface area contributed by atoms with Crippen LogP contribution in [0.25, 0.3) is 0 Å². The molecule has 11 nitrogen and oxygen atoms in total. The highest BCUT2D eigenvalue weighted by molar-refractivity contribution is 14.2. The van der Waals surface area contributed by atoms with E-state index in [2.05, 4.69) is 37.4 Å². The third kappa shape index (κ3) is 6.49. The van der Waals surface area contributed by atoms with Crippen LogP contribution in [-0.2, 0) is 16.6 Å². The summed E-state index contributed by atoms with van der Waals surface area (Å²) in [5, 5.41) is 28.8. The van der Waals surface area contributed by atoms with Gasteiger partial charge in [-0.05, 0) is 47.2 Å². The molecule has 1 unspecified atom stereocenters. The normalized spacial score (nSPS) is 11.9. The number of nitrogens with zero attached hydrogens (tertiary/aromatic N) is 2. The van der Waals surface area contributed by atoms with Crippen LogP contribution in [-0.4, -0.2) is 34.8 Å². The number of hydrogen-bond donors (Lipinski definition) is 6. The number of allylic oxidation sites excluding steroid dienone is 1. The van der Waals surface area contributed by atoms with Crippen molar-refractivity contribution in [1.82, 2.24) is 4.57 Å². The van der Waals surface area contributed by atoms with Crippen LogP contribution >= 0.6 is 40.0 Å². The van der Waals surface area contributed by atoms with Crippen LogP contribution in [0.5, 0.6) is 0 Å². The average molecular weight is 615 g/mol. The molecule has 0 aliphatic carbocycles.